The van der Waals surface area contributed by atoms with Gasteiger partial charge in [0.15, 0.2) is 0 Å². The van der Waals surface area contributed by atoms with Crippen LogP contribution in [0.5, 0.6) is 5.75 Å². The van der Waals surface area contributed by atoms with Crippen molar-refractivity contribution in [3.05, 3.63) is 63.6 Å². The summed E-state index contributed by atoms with van der Waals surface area (Å²) in [6, 6.07) is 14.5. The molecule has 0 saturated carbocycles. The van der Waals surface area contributed by atoms with Crippen molar-refractivity contribution in [3.8, 4) is 5.75 Å². The summed E-state index contributed by atoms with van der Waals surface area (Å²) in [6.45, 7) is 0.577. The lowest BCUT2D eigenvalue weighted by Crippen LogP contribution is -2.18. The Morgan fingerprint density at radius 2 is 2.00 bits per heavy atom. The summed E-state index contributed by atoms with van der Waals surface area (Å²) >= 11 is 3.55. The van der Waals surface area contributed by atoms with E-state index in [0.29, 0.717) is 6.61 Å². The maximum absolute atomic E-state index is 6.18. The van der Waals surface area contributed by atoms with E-state index in [9.17, 15) is 0 Å². The second-order valence-electron chi connectivity index (χ2n) is 5.20. The summed E-state index contributed by atoms with van der Waals surface area (Å²) < 4.78 is 7.12. The molecule has 1 unspecified atom stereocenters. The molecule has 2 N–H and O–H groups in total. The van der Waals surface area contributed by atoms with Crippen molar-refractivity contribution < 1.29 is 4.74 Å². The summed E-state index contributed by atoms with van der Waals surface area (Å²) in [4.78, 5) is 0. The number of hydrogen-bond donors (Lipinski definition) is 1. The molecule has 0 radical (unpaired) electrons. The van der Waals surface area contributed by atoms with Crippen LogP contribution in [-0.4, -0.2) is 0 Å². The normalized spacial score (nSPS) is 17.6. The quantitative estimate of drug-likeness (QED) is 0.906. The average Bonchev–Trinajstić information content (AvgIpc) is 2.47. The third kappa shape index (κ3) is 2.74. The number of benzene rings is 2. The second kappa shape index (κ2) is 5.98. The zero-order valence-electron chi connectivity index (χ0n) is 11.3. The average molecular weight is 332 g/mol. The van der Waals surface area contributed by atoms with Gasteiger partial charge in [0.1, 0.15) is 12.4 Å². The molecule has 0 saturated heterocycles. The zero-order chi connectivity index (χ0) is 13.9. The molecular weight excluding hydrogens is 314 g/mol. The van der Waals surface area contributed by atoms with Gasteiger partial charge in [-0.25, -0.2) is 0 Å². The van der Waals surface area contributed by atoms with Crippen molar-refractivity contribution in [1.82, 2.24) is 0 Å². The van der Waals surface area contributed by atoms with Crippen LogP contribution in [-0.2, 0) is 13.0 Å². The maximum atomic E-state index is 6.18. The monoisotopic (exact) mass is 331 g/mol. The number of nitrogens with two attached hydrogens (primary N) is 1. The third-order valence-corrected chi connectivity index (χ3v) is 4.63. The lowest BCUT2D eigenvalue weighted by Gasteiger charge is -2.24. The van der Waals surface area contributed by atoms with Gasteiger partial charge in [0.25, 0.3) is 0 Å². The van der Waals surface area contributed by atoms with E-state index in [4.69, 9.17) is 10.5 Å². The lowest BCUT2D eigenvalue weighted by atomic mass is 9.87. The first-order chi connectivity index (χ1) is 9.75. The summed E-state index contributed by atoms with van der Waals surface area (Å²) in [6.07, 6.45) is 3.28. The van der Waals surface area contributed by atoms with Gasteiger partial charge in [-0.15, -0.1) is 0 Å². The Balaban J connectivity index is 1.82. The molecule has 0 heterocycles. The van der Waals surface area contributed by atoms with Crippen LogP contribution in [0.3, 0.4) is 0 Å². The van der Waals surface area contributed by atoms with Crippen LogP contribution in [0.25, 0.3) is 0 Å². The van der Waals surface area contributed by atoms with Crippen molar-refractivity contribution in [3.63, 3.8) is 0 Å². The molecule has 0 aliphatic heterocycles. The van der Waals surface area contributed by atoms with Crippen LogP contribution in [0, 0.1) is 0 Å². The van der Waals surface area contributed by atoms with Gasteiger partial charge < -0.3 is 10.5 Å². The van der Waals surface area contributed by atoms with E-state index in [2.05, 4.69) is 28.1 Å². The highest BCUT2D eigenvalue weighted by atomic mass is 79.9. The first-order valence-electron chi connectivity index (χ1n) is 6.99. The SMILES string of the molecule is NC1CCCc2c(OCc3ccccc3Br)cccc21. The standard InChI is InChI=1S/C17H18BrNO/c18-15-8-2-1-5-12(15)11-20-17-10-4-6-13-14(17)7-3-9-16(13)19/h1-2,4-6,8,10,16H,3,7,9,11,19H2. The molecule has 2 aromatic carbocycles. The fraction of sp³-hybridized carbons (Fsp3) is 0.294. The molecule has 0 amide bonds. The van der Waals surface area contributed by atoms with Crippen molar-refractivity contribution >= 4 is 15.9 Å². The first kappa shape index (κ1) is 13.7. The number of hydrogen-bond acceptors (Lipinski definition) is 2. The molecule has 2 nitrogen and oxygen atoms in total. The number of rotatable bonds is 3. The molecule has 0 aromatic heterocycles. The van der Waals surface area contributed by atoms with E-state index in [1.54, 1.807) is 0 Å². The molecule has 3 heteroatoms. The summed E-state index contributed by atoms with van der Waals surface area (Å²) in [7, 11) is 0. The van der Waals surface area contributed by atoms with Crippen LogP contribution < -0.4 is 10.5 Å². The van der Waals surface area contributed by atoms with Gasteiger partial charge in [-0.3, -0.25) is 0 Å². The molecule has 104 valence electrons. The predicted molar refractivity (Wildman–Crippen MR) is 84.8 cm³/mol. The number of halogens is 1. The molecule has 0 fully saturated rings. The Labute approximate surface area is 128 Å². The molecule has 3 rings (SSSR count). The third-order valence-electron chi connectivity index (χ3n) is 3.85. The van der Waals surface area contributed by atoms with Crippen molar-refractivity contribution in [1.29, 1.82) is 0 Å². The van der Waals surface area contributed by atoms with E-state index >= 15 is 0 Å². The van der Waals surface area contributed by atoms with Crippen molar-refractivity contribution in [2.45, 2.75) is 31.9 Å². The topological polar surface area (TPSA) is 35.2 Å². The fourth-order valence-electron chi connectivity index (χ4n) is 2.76. The van der Waals surface area contributed by atoms with Gasteiger partial charge in [0, 0.05) is 16.1 Å². The molecular formula is C17H18BrNO. The maximum Gasteiger partial charge on any atom is 0.123 e. The zero-order valence-corrected chi connectivity index (χ0v) is 12.9. The van der Waals surface area contributed by atoms with Gasteiger partial charge in [0.2, 0.25) is 0 Å². The van der Waals surface area contributed by atoms with E-state index in [0.717, 1.165) is 35.0 Å². The summed E-state index contributed by atoms with van der Waals surface area (Å²) in [5, 5.41) is 0. The van der Waals surface area contributed by atoms with Crippen LogP contribution in [0.4, 0.5) is 0 Å². The Bertz CT molecular complexity index is 612. The largest absolute Gasteiger partial charge is 0.489 e. The first-order valence-corrected chi connectivity index (χ1v) is 7.78. The van der Waals surface area contributed by atoms with Crippen LogP contribution in [0.1, 0.15) is 35.6 Å². The molecule has 2 aromatic rings. The fourth-order valence-corrected chi connectivity index (χ4v) is 3.16. The van der Waals surface area contributed by atoms with Crippen molar-refractivity contribution in [2.24, 2.45) is 5.73 Å². The van der Waals surface area contributed by atoms with Gasteiger partial charge in [-0.2, -0.15) is 0 Å². The van der Waals surface area contributed by atoms with E-state index < -0.39 is 0 Å². The van der Waals surface area contributed by atoms with E-state index in [-0.39, 0.29) is 6.04 Å². The highest BCUT2D eigenvalue weighted by Crippen LogP contribution is 2.34. The smallest absolute Gasteiger partial charge is 0.123 e. The number of ether oxygens (including phenoxy) is 1. The Kier molecular flexibility index (Phi) is 4.08. The van der Waals surface area contributed by atoms with Gasteiger partial charge in [-0.1, -0.05) is 46.3 Å². The number of fused-ring (bicyclic) bond motifs is 1. The van der Waals surface area contributed by atoms with E-state index in [1.165, 1.54) is 11.1 Å². The van der Waals surface area contributed by atoms with Gasteiger partial charge in [0.05, 0.1) is 0 Å². The predicted octanol–water partition coefficient (Wildman–Crippen LogP) is 4.36. The highest BCUT2D eigenvalue weighted by Gasteiger charge is 2.19. The molecule has 0 spiro atoms. The Hall–Kier alpha value is -1.32. The Morgan fingerprint density at radius 3 is 2.85 bits per heavy atom. The molecule has 0 bridgehead atoms. The molecule has 1 aliphatic rings. The highest BCUT2D eigenvalue weighted by molar-refractivity contribution is 9.10. The van der Waals surface area contributed by atoms with Crippen LogP contribution in [0.15, 0.2) is 46.9 Å². The minimum atomic E-state index is 0.158. The van der Waals surface area contributed by atoms with Crippen LogP contribution >= 0.6 is 15.9 Å². The summed E-state index contributed by atoms with van der Waals surface area (Å²) in [5.74, 6) is 0.980. The second-order valence-corrected chi connectivity index (χ2v) is 6.06. The minimum absolute atomic E-state index is 0.158. The summed E-state index contributed by atoms with van der Waals surface area (Å²) in [5.41, 5.74) is 9.88. The Morgan fingerprint density at radius 1 is 1.15 bits per heavy atom. The van der Waals surface area contributed by atoms with E-state index in [1.807, 2.05) is 30.3 Å². The lowest BCUT2D eigenvalue weighted by molar-refractivity contribution is 0.300. The molecule has 1 atom stereocenters. The van der Waals surface area contributed by atoms with Crippen LogP contribution in [0.2, 0.25) is 0 Å². The molecule has 20 heavy (non-hydrogen) atoms. The molecule has 1 aliphatic carbocycles. The van der Waals surface area contributed by atoms with Gasteiger partial charge in [-0.05, 0) is 42.5 Å². The minimum Gasteiger partial charge on any atom is -0.489 e. The van der Waals surface area contributed by atoms with Gasteiger partial charge >= 0.3 is 0 Å². The van der Waals surface area contributed by atoms with Crippen molar-refractivity contribution in [2.75, 3.05) is 0 Å².